The Balaban J connectivity index is 1.09. The summed E-state index contributed by atoms with van der Waals surface area (Å²) in [5.41, 5.74) is 3.26. The average Bonchev–Trinajstić information content (AvgIpc) is 3.25. The first-order chi connectivity index (χ1) is 17.0. The van der Waals surface area contributed by atoms with Crippen LogP contribution in [0.3, 0.4) is 0 Å². The standard InChI is InChI=1S/C29H34ClN3O2/c1-21-27(31-28(35-21)25-8-5-9-26(30)19-25)20-32-14-12-24(13-15-32)29(34)33-16-10-23(11-17-33)18-22-6-3-2-4-7-22/h2-9,19,23-24H,10-18,20H2,1H3. The number of halogens is 1. The SMILES string of the molecule is Cc1oc(-c2cccc(Cl)c2)nc1CN1CCC(C(=O)N2CCC(Cc3ccccc3)CC2)CC1. The number of aromatic nitrogens is 1. The van der Waals surface area contributed by atoms with Crippen molar-refractivity contribution in [3.8, 4) is 11.5 Å². The molecule has 1 aromatic heterocycles. The van der Waals surface area contributed by atoms with E-state index in [1.165, 1.54) is 5.56 Å². The summed E-state index contributed by atoms with van der Waals surface area (Å²) in [7, 11) is 0. The lowest BCUT2D eigenvalue weighted by atomic mass is 9.88. The fourth-order valence-corrected chi connectivity index (χ4v) is 5.62. The highest BCUT2D eigenvalue weighted by Crippen LogP contribution is 2.28. The molecular weight excluding hydrogens is 458 g/mol. The van der Waals surface area contributed by atoms with Crippen LogP contribution in [0.4, 0.5) is 0 Å². The fourth-order valence-electron chi connectivity index (χ4n) is 5.43. The van der Waals surface area contributed by atoms with Crippen LogP contribution >= 0.6 is 11.6 Å². The highest BCUT2D eigenvalue weighted by Gasteiger charge is 2.31. The quantitative estimate of drug-likeness (QED) is 0.424. The van der Waals surface area contributed by atoms with Gasteiger partial charge in [0.25, 0.3) is 0 Å². The monoisotopic (exact) mass is 491 g/mol. The zero-order valence-corrected chi connectivity index (χ0v) is 21.2. The lowest BCUT2D eigenvalue weighted by molar-refractivity contribution is -0.138. The molecule has 2 aromatic carbocycles. The molecular formula is C29H34ClN3O2. The zero-order chi connectivity index (χ0) is 24.2. The van der Waals surface area contributed by atoms with Gasteiger partial charge in [-0.2, -0.15) is 0 Å². The predicted octanol–water partition coefficient (Wildman–Crippen LogP) is 6.00. The number of carbonyl (C=O) groups excluding carboxylic acids is 1. The summed E-state index contributed by atoms with van der Waals surface area (Å²) in [6, 6.07) is 18.3. The number of nitrogens with zero attached hydrogens (tertiary/aromatic N) is 3. The Hall–Kier alpha value is -2.63. The molecule has 184 valence electrons. The van der Waals surface area contributed by atoms with Crippen LogP contribution in [0.2, 0.25) is 5.02 Å². The Morgan fingerprint density at radius 2 is 1.74 bits per heavy atom. The first kappa shape index (κ1) is 24.1. The summed E-state index contributed by atoms with van der Waals surface area (Å²) in [6.07, 6.45) is 5.18. The molecule has 2 aliphatic rings. The number of rotatable bonds is 6. The fraction of sp³-hybridized carbons (Fsp3) is 0.448. The number of likely N-dealkylation sites (tertiary alicyclic amines) is 2. The second-order valence-corrected chi connectivity index (χ2v) is 10.5. The molecule has 0 atom stereocenters. The molecule has 1 amide bonds. The van der Waals surface area contributed by atoms with E-state index in [0.717, 1.165) is 81.8 Å². The lowest BCUT2D eigenvalue weighted by Crippen LogP contribution is -2.45. The largest absolute Gasteiger partial charge is 0.441 e. The van der Waals surface area contributed by atoms with Crippen molar-refractivity contribution in [1.29, 1.82) is 0 Å². The van der Waals surface area contributed by atoms with E-state index in [0.29, 0.717) is 22.7 Å². The van der Waals surface area contributed by atoms with E-state index in [4.69, 9.17) is 21.0 Å². The van der Waals surface area contributed by atoms with Gasteiger partial charge >= 0.3 is 0 Å². The number of hydrogen-bond acceptors (Lipinski definition) is 4. The Kier molecular flexibility index (Phi) is 7.54. The molecule has 6 heteroatoms. The van der Waals surface area contributed by atoms with Crippen molar-refractivity contribution in [1.82, 2.24) is 14.8 Å². The van der Waals surface area contributed by atoms with Gasteiger partial charge in [0.05, 0.1) is 5.69 Å². The summed E-state index contributed by atoms with van der Waals surface area (Å²) in [6.45, 7) is 6.36. The van der Waals surface area contributed by atoms with Gasteiger partial charge in [0, 0.05) is 36.1 Å². The Morgan fingerprint density at radius 3 is 2.46 bits per heavy atom. The van der Waals surface area contributed by atoms with Crippen molar-refractivity contribution < 1.29 is 9.21 Å². The van der Waals surface area contributed by atoms with Crippen LogP contribution in [0.25, 0.3) is 11.5 Å². The molecule has 3 heterocycles. The van der Waals surface area contributed by atoms with Gasteiger partial charge in [-0.15, -0.1) is 0 Å². The number of amides is 1. The van der Waals surface area contributed by atoms with Gasteiger partial charge in [0.15, 0.2) is 0 Å². The number of oxazole rings is 1. The molecule has 2 aliphatic heterocycles. The van der Waals surface area contributed by atoms with E-state index in [2.05, 4.69) is 40.1 Å². The third-order valence-electron chi connectivity index (χ3n) is 7.57. The topological polar surface area (TPSA) is 49.6 Å². The molecule has 2 saturated heterocycles. The van der Waals surface area contributed by atoms with Crippen molar-refractivity contribution in [2.45, 2.75) is 45.6 Å². The molecule has 0 radical (unpaired) electrons. The number of aryl methyl sites for hydroxylation is 1. The first-order valence-corrected chi connectivity index (χ1v) is 13.2. The van der Waals surface area contributed by atoms with E-state index in [1.54, 1.807) is 0 Å². The number of carbonyl (C=O) groups is 1. The average molecular weight is 492 g/mol. The third-order valence-corrected chi connectivity index (χ3v) is 7.80. The number of benzene rings is 2. The Morgan fingerprint density at radius 1 is 1.00 bits per heavy atom. The van der Waals surface area contributed by atoms with E-state index < -0.39 is 0 Å². The van der Waals surface area contributed by atoms with Gasteiger partial charge in [0.1, 0.15) is 5.76 Å². The van der Waals surface area contributed by atoms with Crippen LogP contribution < -0.4 is 0 Å². The molecule has 0 bridgehead atoms. The van der Waals surface area contributed by atoms with E-state index in [-0.39, 0.29) is 5.92 Å². The molecule has 0 unspecified atom stereocenters. The Labute approximate surface area is 213 Å². The normalized spacial score (nSPS) is 18.2. The number of piperidine rings is 2. The van der Waals surface area contributed by atoms with E-state index in [1.807, 2.05) is 31.2 Å². The molecule has 0 saturated carbocycles. The van der Waals surface area contributed by atoms with Gasteiger partial charge in [-0.3, -0.25) is 9.69 Å². The zero-order valence-electron chi connectivity index (χ0n) is 20.5. The van der Waals surface area contributed by atoms with Crippen molar-refractivity contribution in [3.63, 3.8) is 0 Å². The summed E-state index contributed by atoms with van der Waals surface area (Å²) >= 11 is 6.12. The van der Waals surface area contributed by atoms with Crippen LogP contribution in [0.15, 0.2) is 59.0 Å². The molecule has 0 aliphatic carbocycles. The van der Waals surface area contributed by atoms with Gasteiger partial charge in [-0.1, -0.05) is 48.0 Å². The second-order valence-electron chi connectivity index (χ2n) is 10.0. The van der Waals surface area contributed by atoms with Gasteiger partial charge in [0.2, 0.25) is 11.8 Å². The second kappa shape index (κ2) is 11.0. The summed E-state index contributed by atoms with van der Waals surface area (Å²) < 4.78 is 5.92. The van der Waals surface area contributed by atoms with E-state index in [9.17, 15) is 4.79 Å². The van der Waals surface area contributed by atoms with Crippen LogP contribution in [0.5, 0.6) is 0 Å². The minimum Gasteiger partial charge on any atom is -0.441 e. The van der Waals surface area contributed by atoms with E-state index >= 15 is 0 Å². The highest BCUT2D eigenvalue weighted by molar-refractivity contribution is 6.30. The highest BCUT2D eigenvalue weighted by atomic mass is 35.5. The van der Waals surface area contributed by atoms with Crippen LogP contribution in [0, 0.1) is 18.8 Å². The van der Waals surface area contributed by atoms with Gasteiger partial charge in [-0.25, -0.2) is 4.98 Å². The van der Waals surface area contributed by atoms with Crippen LogP contribution in [-0.2, 0) is 17.8 Å². The molecule has 5 nitrogen and oxygen atoms in total. The minimum absolute atomic E-state index is 0.150. The van der Waals surface area contributed by atoms with Crippen LogP contribution in [0.1, 0.15) is 42.7 Å². The molecule has 5 rings (SSSR count). The molecule has 0 N–H and O–H groups in total. The van der Waals surface area contributed by atoms with Gasteiger partial charge in [-0.05, 0) is 81.8 Å². The minimum atomic E-state index is 0.150. The molecule has 2 fully saturated rings. The van der Waals surface area contributed by atoms with Crippen molar-refractivity contribution in [2.75, 3.05) is 26.2 Å². The van der Waals surface area contributed by atoms with Crippen LogP contribution in [-0.4, -0.2) is 46.9 Å². The summed E-state index contributed by atoms with van der Waals surface area (Å²) in [4.78, 5) is 22.4. The Bertz CT molecular complexity index is 1130. The smallest absolute Gasteiger partial charge is 0.226 e. The lowest BCUT2D eigenvalue weighted by Gasteiger charge is -2.37. The molecule has 35 heavy (non-hydrogen) atoms. The van der Waals surface area contributed by atoms with Crippen molar-refractivity contribution in [3.05, 3.63) is 76.6 Å². The summed E-state index contributed by atoms with van der Waals surface area (Å²) in [5, 5.41) is 0.673. The third kappa shape index (κ3) is 5.96. The molecule has 3 aromatic rings. The predicted molar refractivity (Wildman–Crippen MR) is 139 cm³/mol. The molecule has 0 spiro atoms. The number of hydrogen-bond donors (Lipinski definition) is 0. The summed E-state index contributed by atoms with van der Waals surface area (Å²) in [5.74, 6) is 2.66. The first-order valence-electron chi connectivity index (χ1n) is 12.8. The maximum absolute atomic E-state index is 13.2. The maximum atomic E-state index is 13.2. The van der Waals surface area contributed by atoms with Gasteiger partial charge < -0.3 is 9.32 Å². The van der Waals surface area contributed by atoms with Crippen molar-refractivity contribution >= 4 is 17.5 Å². The van der Waals surface area contributed by atoms with Crippen molar-refractivity contribution in [2.24, 2.45) is 11.8 Å². The maximum Gasteiger partial charge on any atom is 0.226 e.